The van der Waals surface area contributed by atoms with E-state index in [1.807, 2.05) is 48.5 Å². The highest BCUT2D eigenvalue weighted by Gasteiger charge is 2.13. The fraction of sp³-hybridized carbons (Fsp3) is 0.294. The monoisotopic (exact) mass is 256 g/mol. The molecular weight excluding hydrogens is 236 g/mol. The highest BCUT2D eigenvalue weighted by atomic mass is 16.3. The molecule has 0 amide bonds. The van der Waals surface area contributed by atoms with Gasteiger partial charge in [-0.05, 0) is 24.0 Å². The third-order valence-electron chi connectivity index (χ3n) is 3.29. The van der Waals surface area contributed by atoms with E-state index in [2.05, 4.69) is 12.1 Å². The van der Waals surface area contributed by atoms with Gasteiger partial charge in [-0.3, -0.25) is 0 Å². The van der Waals surface area contributed by atoms with Crippen LogP contribution in [-0.2, 0) is 6.42 Å². The summed E-state index contributed by atoms with van der Waals surface area (Å²) in [6.07, 6.45) is 0.830. The van der Waals surface area contributed by atoms with Crippen molar-refractivity contribution in [2.75, 3.05) is 0 Å². The number of rotatable bonds is 6. The minimum absolute atomic E-state index is 0.386. The van der Waals surface area contributed by atoms with Crippen LogP contribution in [0, 0.1) is 0 Å². The maximum absolute atomic E-state index is 10.0. The summed E-state index contributed by atoms with van der Waals surface area (Å²) < 4.78 is 0. The van der Waals surface area contributed by atoms with E-state index in [0.29, 0.717) is 12.8 Å². The molecule has 0 aliphatic heterocycles. The Labute approximate surface area is 114 Å². The fourth-order valence-electron chi connectivity index (χ4n) is 2.16. The fourth-order valence-corrected chi connectivity index (χ4v) is 2.16. The molecule has 2 heteroatoms. The Kier molecular flexibility index (Phi) is 5.13. The third-order valence-corrected chi connectivity index (χ3v) is 3.29. The SMILES string of the molecule is O[C@H](CCc1ccccc1)C[C@@H](O)c1ccccc1. The number of aliphatic hydroxyl groups is 2. The number of benzene rings is 2. The van der Waals surface area contributed by atoms with Gasteiger partial charge in [0.05, 0.1) is 12.2 Å². The molecule has 0 unspecified atom stereocenters. The Morgan fingerprint density at radius 1 is 0.789 bits per heavy atom. The minimum atomic E-state index is -0.591. The van der Waals surface area contributed by atoms with Crippen LogP contribution in [-0.4, -0.2) is 16.3 Å². The molecule has 0 aliphatic rings. The lowest BCUT2D eigenvalue weighted by Crippen LogP contribution is -2.13. The predicted molar refractivity (Wildman–Crippen MR) is 76.8 cm³/mol. The summed E-state index contributed by atoms with van der Waals surface area (Å²) in [6.45, 7) is 0. The first-order valence-corrected chi connectivity index (χ1v) is 6.70. The van der Waals surface area contributed by atoms with E-state index in [0.717, 1.165) is 12.0 Å². The van der Waals surface area contributed by atoms with Crippen molar-refractivity contribution in [3.05, 3.63) is 71.8 Å². The summed E-state index contributed by atoms with van der Waals surface area (Å²) in [4.78, 5) is 0. The van der Waals surface area contributed by atoms with E-state index in [4.69, 9.17) is 0 Å². The molecular formula is C17H20O2. The molecule has 0 heterocycles. The molecule has 2 atom stereocenters. The van der Waals surface area contributed by atoms with Crippen LogP contribution >= 0.6 is 0 Å². The second kappa shape index (κ2) is 7.07. The van der Waals surface area contributed by atoms with Crippen LogP contribution in [0.2, 0.25) is 0 Å². The van der Waals surface area contributed by atoms with Crippen LogP contribution < -0.4 is 0 Å². The molecule has 2 N–H and O–H groups in total. The first-order chi connectivity index (χ1) is 9.25. The molecule has 2 aromatic carbocycles. The maximum Gasteiger partial charge on any atom is 0.0814 e. The van der Waals surface area contributed by atoms with Gasteiger partial charge in [-0.1, -0.05) is 60.7 Å². The van der Waals surface area contributed by atoms with Crippen LogP contribution in [0.5, 0.6) is 0 Å². The van der Waals surface area contributed by atoms with Crippen LogP contribution in [0.1, 0.15) is 30.1 Å². The standard InChI is InChI=1S/C17H20O2/c18-16(12-11-14-7-3-1-4-8-14)13-17(19)15-9-5-2-6-10-15/h1-10,16-19H,11-13H2/t16-,17-/m1/s1. The van der Waals surface area contributed by atoms with E-state index in [-0.39, 0.29) is 0 Å². The van der Waals surface area contributed by atoms with Crippen molar-refractivity contribution < 1.29 is 10.2 Å². The second-order valence-corrected chi connectivity index (χ2v) is 4.84. The lowest BCUT2D eigenvalue weighted by atomic mass is 9.99. The molecule has 0 bridgehead atoms. The number of hydrogen-bond donors (Lipinski definition) is 2. The lowest BCUT2D eigenvalue weighted by molar-refractivity contribution is 0.0757. The van der Waals surface area contributed by atoms with E-state index < -0.39 is 12.2 Å². The number of aryl methyl sites for hydroxylation is 1. The Hall–Kier alpha value is -1.64. The van der Waals surface area contributed by atoms with Gasteiger partial charge in [0.2, 0.25) is 0 Å². The molecule has 0 radical (unpaired) electrons. The first kappa shape index (κ1) is 13.8. The third kappa shape index (κ3) is 4.51. The first-order valence-electron chi connectivity index (χ1n) is 6.70. The molecule has 0 aromatic heterocycles. The summed E-state index contributed by atoms with van der Waals surface area (Å²) in [6, 6.07) is 19.6. The molecule has 2 nitrogen and oxygen atoms in total. The Balaban J connectivity index is 1.80. The maximum atomic E-state index is 10.0. The average Bonchev–Trinajstić information content (AvgIpc) is 2.47. The zero-order valence-corrected chi connectivity index (χ0v) is 10.9. The van der Waals surface area contributed by atoms with Gasteiger partial charge in [0, 0.05) is 6.42 Å². The van der Waals surface area contributed by atoms with Gasteiger partial charge in [-0.15, -0.1) is 0 Å². The molecule has 2 rings (SSSR count). The molecule has 0 saturated heterocycles. The molecule has 0 saturated carbocycles. The smallest absolute Gasteiger partial charge is 0.0814 e. The van der Waals surface area contributed by atoms with Crippen molar-refractivity contribution >= 4 is 0 Å². The second-order valence-electron chi connectivity index (χ2n) is 4.84. The summed E-state index contributed by atoms with van der Waals surface area (Å²) in [7, 11) is 0. The predicted octanol–water partition coefficient (Wildman–Crippen LogP) is 3.10. The zero-order chi connectivity index (χ0) is 13.5. The molecule has 2 aromatic rings. The van der Waals surface area contributed by atoms with Crippen molar-refractivity contribution in [3.63, 3.8) is 0 Å². The van der Waals surface area contributed by atoms with Crippen molar-refractivity contribution in [1.29, 1.82) is 0 Å². The summed E-state index contributed by atoms with van der Waals surface area (Å²) >= 11 is 0. The highest BCUT2D eigenvalue weighted by molar-refractivity contribution is 5.17. The summed E-state index contributed by atoms with van der Waals surface area (Å²) in [5.74, 6) is 0. The largest absolute Gasteiger partial charge is 0.393 e. The Morgan fingerprint density at radius 2 is 1.37 bits per heavy atom. The summed E-state index contributed by atoms with van der Waals surface area (Å²) in [5.41, 5.74) is 2.08. The van der Waals surface area contributed by atoms with Gasteiger partial charge in [-0.25, -0.2) is 0 Å². The quantitative estimate of drug-likeness (QED) is 0.833. The van der Waals surface area contributed by atoms with Gasteiger partial charge >= 0.3 is 0 Å². The molecule has 0 spiro atoms. The van der Waals surface area contributed by atoms with E-state index in [1.165, 1.54) is 5.56 Å². The van der Waals surface area contributed by atoms with E-state index in [9.17, 15) is 10.2 Å². The number of aliphatic hydroxyl groups excluding tert-OH is 2. The van der Waals surface area contributed by atoms with Crippen LogP contribution in [0.25, 0.3) is 0 Å². The molecule has 19 heavy (non-hydrogen) atoms. The van der Waals surface area contributed by atoms with Gasteiger partial charge in [0.15, 0.2) is 0 Å². The van der Waals surface area contributed by atoms with Gasteiger partial charge in [-0.2, -0.15) is 0 Å². The van der Waals surface area contributed by atoms with Gasteiger partial charge in [0.25, 0.3) is 0 Å². The minimum Gasteiger partial charge on any atom is -0.393 e. The van der Waals surface area contributed by atoms with Crippen LogP contribution in [0.4, 0.5) is 0 Å². The summed E-state index contributed by atoms with van der Waals surface area (Å²) in [5, 5.41) is 20.0. The van der Waals surface area contributed by atoms with Crippen LogP contribution in [0.3, 0.4) is 0 Å². The number of hydrogen-bond acceptors (Lipinski definition) is 2. The molecule has 100 valence electrons. The Morgan fingerprint density at radius 3 is 2.00 bits per heavy atom. The molecule has 0 aliphatic carbocycles. The van der Waals surface area contributed by atoms with E-state index in [1.54, 1.807) is 0 Å². The van der Waals surface area contributed by atoms with Crippen molar-refractivity contribution in [1.82, 2.24) is 0 Å². The van der Waals surface area contributed by atoms with Crippen LogP contribution in [0.15, 0.2) is 60.7 Å². The highest BCUT2D eigenvalue weighted by Crippen LogP contribution is 2.19. The van der Waals surface area contributed by atoms with Gasteiger partial charge < -0.3 is 10.2 Å². The average molecular weight is 256 g/mol. The topological polar surface area (TPSA) is 40.5 Å². The van der Waals surface area contributed by atoms with Crippen molar-refractivity contribution in [3.8, 4) is 0 Å². The van der Waals surface area contributed by atoms with Crippen molar-refractivity contribution in [2.45, 2.75) is 31.5 Å². The van der Waals surface area contributed by atoms with Gasteiger partial charge in [0.1, 0.15) is 0 Å². The zero-order valence-electron chi connectivity index (χ0n) is 10.9. The van der Waals surface area contributed by atoms with Crippen molar-refractivity contribution in [2.24, 2.45) is 0 Å². The lowest BCUT2D eigenvalue weighted by Gasteiger charge is -2.16. The molecule has 0 fully saturated rings. The normalized spacial score (nSPS) is 14.0. The van der Waals surface area contributed by atoms with E-state index >= 15 is 0 Å². The Bertz CT molecular complexity index is 467.